The summed E-state index contributed by atoms with van der Waals surface area (Å²) < 4.78 is 15.5. The number of rotatable bonds is 8. The lowest BCUT2D eigenvalue weighted by molar-refractivity contribution is 0.0335. The number of esters is 1. The molecule has 1 N–H and O–H groups in total. The molecule has 2 aromatic heterocycles. The van der Waals surface area contributed by atoms with Crippen molar-refractivity contribution in [2.75, 3.05) is 59.7 Å². The fraction of sp³-hybridized carbons (Fsp3) is 0.333. The van der Waals surface area contributed by atoms with E-state index in [2.05, 4.69) is 29.7 Å². The lowest BCUT2D eigenvalue weighted by Gasteiger charge is -2.26. The number of ether oxygens (including phenoxy) is 3. The second kappa shape index (κ2) is 15.9. The standard InChI is InChI=1S/C17H19N3O3.C16H17N3O3/c1-22-17(21)15-11-14(12-20-7-9-23-10-8-20)18-16(19-15)13-5-3-2-4-6-13;20-16(21)14-10-13(11-19-6-8-22-9-7-19)17-15(18-14)12-4-2-1-3-5-12/h2-6,11H,7-10,12H2,1H3;1-5,10H,6-9,11H2,(H,20,21). The van der Waals surface area contributed by atoms with Gasteiger partial charge < -0.3 is 19.3 Å². The van der Waals surface area contributed by atoms with Crippen LogP contribution in [-0.2, 0) is 27.3 Å². The molecule has 0 aliphatic carbocycles. The first-order valence-electron chi connectivity index (χ1n) is 14.8. The van der Waals surface area contributed by atoms with E-state index in [4.69, 9.17) is 14.2 Å². The van der Waals surface area contributed by atoms with E-state index in [1.807, 2.05) is 60.7 Å². The first kappa shape index (κ1) is 31.8. The Morgan fingerprint density at radius 2 is 1.11 bits per heavy atom. The van der Waals surface area contributed by atoms with Gasteiger partial charge in [-0.15, -0.1) is 0 Å². The summed E-state index contributed by atoms with van der Waals surface area (Å²) in [6, 6.07) is 22.3. The number of morpholine rings is 2. The van der Waals surface area contributed by atoms with E-state index in [9.17, 15) is 14.7 Å². The number of methoxy groups -OCH3 is 1. The maximum absolute atomic E-state index is 11.9. The third kappa shape index (κ3) is 9.19. The van der Waals surface area contributed by atoms with Crippen LogP contribution in [0.15, 0.2) is 72.8 Å². The summed E-state index contributed by atoms with van der Waals surface area (Å²) in [7, 11) is 1.36. The van der Waals surface area contributed by atoms with Gasteiger partial charge in [-0.2, -0.15) is 0 Å². The number of aromatic nitrogens is 4. The van der Waals surface area contributed by atoms with Crippen molar-refractivity contribution in [2.45, 2.75) is 13.1 Å². The number of benzene rings is 2. The van der Waals surface area contributed by atoms with Gasteiger partial charge in [0.2, 0.25) is 0 Å². The van der Waals surface area contributed by atoms with E-state index in [0.717, 1.165) is 56.2 Å². The molecular weight excluding hydrogens is 576 g/mol. The molecule has 12 nitrogen and oxygen atoms in total. The molecule has 4 aromatic rings. The third-order valence-electron chi connectivity index (χ3n) is 7.21. The third-order valence-corrected chi connectivity index (χ3v) is 7.21. The van der Waals surface area contributed by atoms with E-state index < -0.39 is 11.9 Å². The van der Waals surface area contributed by atoms with Crippen LogP contribution in [0.5, 0.6) is 0 Å². The molecule has 12 heteroatoms. The van der Waals surface area contributed by atoms with Crippen LogP contribution in [0.3, 0.4) is 0 Å². The summed E-state index contributed by atoms with van der Waals surface area (Å²) in [5, 5.41) is 9.26. The zero-order valence-electron chi connectivity index (χ0n) is 25.2. The molecule has 0 unspecified atom stereocenters. The highest BCUT2D eigenvalue weighted by molar-refractivity contribution is 5.87. The lowest BCUT2D eigenvalue weighted by Crippen LogP contribution is -2.36. The Morgan fingerprint density at radius 1 is 0.689 bits per heavy atom. The molecule has 6 rings (SSSR count). The van der Waals surface area contributed by atoms with Gasteiger partial charge in [0.1, 0.15) is 0 Å². The summed E-state index contributed by atoms with van der Waals surface area (Å²) in [6.07, 6.45) is 0. The van der Waals surface area contributed by atoms with E-state index in [0.29, 0.717) is 43.6 Å². The van der Waals surface area contributed by atoms with Crippen molar-refractivity contribution in [1.29, 1.82) is 0 Å². The van der Waals surface area contributed by atoms with E-state index in [1.165, 1.54) is 7.11 Å². The summed E-state index contributed by atoms with van der Waals surface area (Å²) in [5.41, 5.74) is 3.52. The minimum Gasteiger partial charge on any atom is -0.477 e. The smallest absolute Gasteiger partial charge is 0.356 e. The minimum atomic E-state index is -1.04. The predicted octanol–water partition coefficient (Wildman–Crippen LogP) is 3.44. The molecule has 0 spiro atoms. The number of carbonyl (C=O) groups excluding carboxylic acids is 1. The molecule has 2 fully saturated rings. The number of aromatic carboxylic acids is 1. The number of carboxylic acid groups (broad SMARTS) is 1. The van der Waals surface area contributed by atoms with Crippen molar-refractivity contribution in [3.05, 3.63) is 95.6 Å². The number of nitrogens with zero attached hydrogens (tertiary/aromatic N) is 6. The maximum Gasteiger partial charge on any atom is 0.356 e. The molecule has 0 bridgehead atoms. The van der Waals surface area contributed by atoms with Crippen molar-refractivity contribution < 1.29 is 28.9 Å². The number of hydrogen-bond acceptors (Lipinski definition) is 11. The molecular formula is C33H36N6O6. The van der Waals surface area contributed by atoms with Crippen LogP contribution in [0.4, 0.5) is 0 Å². The second-order valence-electron chi connectivity index (χ2n) is 10.4. The molecule has 2 aliphatic heterocycles. The Labute approximate surface area is 261 Å². The fourth-order valence-electron chi connectivity index (χ4n) is 4.89. The molecule has 0 atom stereocenters. The molecule has 234 valence electrons. The Balaban J connectivity index is 0.000000178. The second-order valence-corrected chi connectivity index (χ2v) is 10.4. The van der Waals surface area contributed by atoms with E-state index >= 15 is 0 Å². The quantitative estimate of drug-likeness (QED) is 0.292. The van der Waals surface area contributed by atoms with Gasteiger partial charge in [0.25, 0.3) is 0 Å². The monoisotopic (exact) mass is 612 g/mol. The van der Waals surface area contributed by atoms with Gasteiger partial charge in [0, 0.05) is 50.4 Å². The first-order valence-corrected chi connectivity index (χ1v) is 14.8. The van der Waals surface area contributed by atoms with E-state index in [1.54, 1.807) is 12.1 Å². The topological polar surface area (TPSA) is 140 Å². The Kier molecular flexibility index (Phi) is 11.2. The molecule has 2 aromatic carbocycles. The highest BCUT2D eigenvalue weighted by Gasteiger charge is 2.18. The van der Waals surface area contributed by atoms with Crippen LogP contribution in [0.2, 0.25) is 0 Å². The Bertz CT molecular complexity index is 1560. The highest BCUT2D eigenvalue weighted by Crippen LogP contribution is 2.18. The first-order chi connectivity index (χ1) is 22.0. The van der Waals surface area contributed by atoms with Crippen LogP contribution in [-0.4, -0.2) is 106 Å². The van der Waals surface area contributed by atoms with Crippen LogP contribution in [0, 0.1) is 0 Å². The zero-order valence-corrected chi connectivity index (χ0v) is 25.2. The normalized spacial score (nSPS) is 15.5. The molecule has 2 saturated heterocycles. The number of hydrogen-bond donors (Lipinski definition) is 1. The van der Waals surface area contributed by atoms with Crippen molar-refractivity contribution in [2.24, 2.45) is 0 Å². The Hall–Kier alpha value is -4.62. The van der Waals surface area contributed by atoms with Gasteiger partial charge in [-0.3, -0.25) is 9.80 Å². The average Bonchev–Trinajstić information content (AvgIpc) is 3.09. The lowest BCUT2D eigenvalue weighted by atomic mass is 10.2. The molecule has 0 radical (unpaired) electrons. The van der Waals surface area contributed by atoms with Crippen LogP contribution >= 0.6 is 0 Å². The van der Waals surface area contributed by atoms with Gasteiger partial charge in [-0.25, -0.2) is 29.5 Å². The molecule has 2 aliphatic rings. The van der Waals surface area contributed by atoms with Crippen LogP contribution in [0.1, 0.15) is 32.4 Å². The number of carboxylic acids is 1. The summed E-state index contributed by atoms with van der Waals surface area (Å²) in [5.74, 6) is -0.504. The molecule has 45 heavy (non-hydrogen) atoms. The van der Waals surface area contributed by atoms with Crippen molar-refractivity contribution >= 4 is 11.9 Å². The maximum atomic E-state index is 11.9. The van der Waals surface area contributed by atoms with Gasteiger partial charge >= 0.3 is 11.9 Å². The van der Waals surface area contributed by atoms with E-state index in [-0.39, 0.29) is 11.4 Å². The predicted molar refractivity (Wildman–Crippen MR) is 165 cm³/mol. The van der Waals surface area contributed by atoms with Crippen molar-refractivity contribution in [3.63, 3.8) is 0 Å². The highest BCUT2D eigenvalue weighted by atomic mass is 16.5. The largest absolute Gasteiger partial charge is 0.477 e. The SMILES string of the molecule is COC(=O)c1cc(CN2CCOCC2)nc(-c2ccccc2)n1.O=C(O)c1cc(CN2CCOCC2)nc(-c2ccccc2)n1. The summed E-state index contributed by atoms with van der Waals surface area (Å²) in [6.45, 7) is 7.48. The average molecular weight is 613 g/mol. The Morgan fingerprint density at radius 3 is 1.53 bits per heavy atom. The van der Waals surface area contributed by atoms with Gasteiger partial charge in [0.15, 0.2) is 23.0 Å². The van der Waals surface area contributed by atoms with Gasteiger partial charge in [-0.1, -0.05) is 60.7 Å². The van der Waals surface area contributed by atoms with Gasteiger partial charge in [0.05, 0.1) is 44.9 Å². The van der Waals surface area contributed by atoms with Crippen LogP contribution in [0.25, 0.3) is 22.8 Å². The molecule has 4 heterocycles. The summed E-state index contributed by atoms with van der Waals surface area (Å²) >= 11 is 0. The van der Waals surface area contributed by atoms with Crippen molar-refractivity contribution in [3.8, 4) is 22.8 Å². The van der Waals surface area contributed by atoms with Gasteiger partial charge in [-0.05, 0) is 12.1 Å². The molecule has 0 saturated carbocycles. The molecule has 0 amide bonds. The van der Waals surface area contributed by atoms with Crippen molar-refractivity contribution in [1.82, 2.24) is 29.7 Å². The van der Waals surface area contributed by atoms with Crippen LogP contribution < -0.4 is 0 Å². The minimum absolute atomic E-state index is 0.0251. The summed E-state index contributed by atoms with van der Waals surface area (Å²) in [4.78, 5) is 45.3. The number of carbonyl (C=O) groups is 2. The fourth-order valence-corrected chi connectivity index (χ4v) is 4.89. The zero-order chi connectivity index (χ0) is 31.4.